The maximum absolute atomic E-state index is 7.40. The summed E-state index contributed by atoms with van der Waals surface area (Å²) in [5.74, 6) is 0.858. The molecule has 1 unspecified atom stereocenters. The Hall–Kier alpha value is -1.64. The molecule has 3 nitrogen and oxygen atoms in total. The molecule has 1 aromatic carbocycles. The molecule has 108 valence electrons. The van der Waals surface area contributed by atoms with Crippen LogP contribution in [0.3, 0.4) is 0 Å². The van der Waals surface area contributed by atoms with Gasteiger partial charge in [-0.25, -0.2) is 4.98 Å². The van der Waals surface area contributed by atoms with Gasteiger partial charge in [0, 0.05) is 12.5 Å². The highest BCUT2D eigenvalue weighted by molar-refractivity contribution is 5.75. The first-order valence-corrected chi connectivity index (χ1v) is 7.79. The van der Waals surface area contributed by atoms with E-state index in [9.17, 15) is 0 Å². The molecule has 3 rings (SSSR count). The molecule has 1 atom stereocenters. The Kier molecular flexibility index (Phi) is 5.33. The molecular weight excluding hydrogens is 246 g/mol. The largest absolute Gasteiger partial charge is 0.327 e. The van der Waals surface area contributed by atoms with E-state index in [0.29, 0.717) is 6.04 Å². The van der Waals surface area contributed by atoms with Crippen molar-refractivity contribution in [3.05, 3.63) is 30.6 Å². The Morgan fingerprint density at radius 1 is 1.35 bits per heavy atom. The van der Waals surface area contributed by atoms with Gasteiger partial charge in [0.05, 0.1) is 17.4 Å². The maximum atomic E-state index is 7.40. The molecule has 0 amide bonds. The number of fused-ring (bicyclic) bond motifs is 1. The minimum Gasteiger partial charge on any atom is -0.327 e. The summed E-state index contributed by atoms with van der Waals surface area (Å²) in [6, 6.07) is 8.67. The molecule has 1 fully saturated rings. The lowest BCUT2D eigenvalue weighted by molar-refractivity contribution is 0.254. The van der Waals surface area contributed by atoms with E-state index in [4.69, 9.17) is 5.41 Å². The number of nitrogens with one attached hydrogen (secondary N) is 1. The summed E-state index contributed by atoms with van der Waals surface area (Å²) in [4.78, 5) is 4.46. The van der Waals surface area contributed by atoms with E-state index in [-0.39, 0.29) is 0 Å². The van der Waals surface area contributed by atoms with Crippen LogP contribution in [0.1, 0.15) is 52.0 Å². The first-order valence-electron chi connectivity index (χ1n) is 7.79. The van der Waals surface area contributed by atoms with Gasteiger partial charge in [-0.2, -0.15) is 0 Å². The number of nitrogens with zero attached hydrogens (tertiary/aromatic N) is 2. The Morgan fingerprint density at radius 3 is 2.75 bits per heavy atom. The third-order valence-electron chi connectivity index (χ3n) is 4.09. The van der Waals surface area contributed by atoms with Crippen molar-refractivity contribution in [2.45, 2.75) is 52.0 Å². The lowest BCUT2D eigenvalue weighted by Crippen LogP contribution is -2.18. The highest BCUT2D eigenvalue weighted by Crippen LogP contribution is 2.35. The average Bonchev–Trinajstić information content (AvgIpc) is 2.87. The van der Waals surface area contributed by atoms with Crippen LogP contribution >= 0.6 is 0 Å². The first-order chi connectivity index (χ1) is 9.88. The van der Waals surface area contributed by atoms with Crippen molar-refractivity contribution in [2.75, 3.05) is 0 Å². The van der Waals surface area contributed by atoms with E-state index < -0.39 is 0 Å². The molecule has 3 heteroatoms. The second-order valence-corrected chi connectivity index (χ2v) is 5.27. The molecule has 1 N–H and O–H groups in total. The van der Waals surface area contributed by atoms with Crippen molar-refractivity contribution in [2.24, 2.45) is 5.92 Å². The first kappa shape index (κ1) is 14.8. The van der Waals surface area contributed by atoms with Crippen LogP contribution in [0, 0.1) is 11.3 Å². The summed E-state index contributed by atoms with van der Waals surface area (Å²) in [7, 11) is 0. The molecular formula is C17H25N3. The predicted octanol–water partition coefficient (Wildman–Crippen LogP) is 4.83. The van der Waals surface area contributed by atoms with E-state index in [2.05, 4.69) is 27.8 Å². The third kappa shape index (κ3) is 3.09. The molecule has 1 aliphatic carbocycles. The lowest BCUT2D eigenvalue weighted by Gasteiger charge is -2.30. The fraction of sp³-hybridized carbons (Fsp3) is 0.529. The summed E-state index contributed by atoms with van der Waals surface area (Å²) in [6.45, 7) is 4.00. The van der Waals surface area contributed by atoms with Gasteiger partial charge in [-0.15, -0.1) is 0 Å². The molecule has 0 aliphatic heterocycles. The molecule has 0 bridgehead atoms. The number of hydrogen-bond acceptors (Lipinski definition) is 2. The molecule has 1 aliphatic rings. The van der Waals surface area contributed by atoms with Crippen LogP contribution in [0.5, 0.6) is 0 Å². The van der Waals surface area contributed by atoms with Crippen molar-refractivity contribution in [3.63, 3.8) is 0 Å². The predicted molar refractivity (Wildman–Crippen MR) is 85.5 cm³/mol. The fourth-order valence-corrected chi connectivity index (χ4v) is 2.84. The third-order valence-corrected chi connectivity index (χ3v) is 4.09. The average molecular weight is 271 g/mol. The second-order valence-electron chi connectivity index (χ2n) is 5.27. The summed E-state index contributed by atoms with van der Waals surface area (Å²) in [5, 5.41) is 7.40. The molecule has 1 saturated carbocycles. The van der Waals surface area contributed by atoms with Crippen molar-refractivity contribution in [1.29, 1.82) is 5.41 Å². The molecule has 1 aromatic heterocycles. The van der Waals surface area contributed by atoms with Gasteiger partial charge in [0.1, 0.15) is 0 Å². The van der Waals surface area contributed by atoms with Crippen LogP contribution in [-0.2, 0) is 0 Å². The van der Waals surface area contributed by atoms with E-state index in [1.807, 2.05) is 26.2 Å². The smallest absolute Gasteiger partial charge is 0.0961 e. The normalized spacial score (nSPS) is 16.1. The van der Waals surface area contributed by atoms with Gasteiger partial charge in [-0.3, -0.25) is 0 Å². The maximum Gasteiger partial charge on any atom is 0.0961 e. The van der Waals surface area contributed by atoms with Gasteiger partial charge in [0.2, 0.25) is 0 Å². The van der Waals surface area contributed by atoms with Crippen molar-refractivity contribution >= 4 is 17.2 Å². The molecule has 0 spiro atoms. The van der Waals surface area contributed by atoms with Gasteiger partial charge in [-0.05, 0) is 30.7 Å². The lowest BCUT2D eigenvalue weighted by atomic mass is 9.80. The molecule has 2 aromatic rings. The molecule has 0 saturated heterocycles. The van der Waals surface area contributed by atoms with Crippen LogP contribution in [0.25, 0.3) is 11.0 Å². The molecule has 0 radical (unpaired) electrons. The van der Waals surface area contributed by atoms with Crippen LogP contribution in [0.15, 0.2) is 30.6 Å². The minimum absolute atomic E-state index is 0.403. The van der Waals surface area contributed by atoms with Crippen LogP contribution in [0.2, 0.25) is 0 Å². The Labute approximate surface area is 121 Å². The zero-order chi connectivity index (χ0) is 14.4. The van der Waals surface area contributed by atoms with E-state index in [0.717, 1.165) is 17.9 Å². The quantitative estimate of drug-likeness (QED) is 0.777. The SMILES string of the molecule is CC.N=CCC(CC1CCC1)n1cnc2ccccc21. The zero-order valence-corrected chi connectivity index (χ0v) is 12.5. The van der Waals surface area contributed by atoms with E-state index in [1.165, 1.54) is 37.4 Å². The summed E-state index contributed by atoms with van der Waals surface area (Å²) < 4.78 is 2.26. The van der Waals surface area contributed by atoms with E-state index >= 15 is 0 Å². The molecule has 1 heterocycles. The highest BCUT2D eigenvalue weighted by atomic mass is 15.1. The number of hydrogen-bond donors (Lipinski definition) is 1. The number of imidazole rings is 1. The van der Waals surface area contributed by atoms with Crippen LogP contribution in [-0.4, -0.2) is 15.8 Å². The Bertz CT molecular complexity index is 540. The van der Waals surface area contributed by atoms with Crippen molar-refractivity contribution in [1.82, 2.24) is 9.55 Å². The van der Waals surface area contributed by atoms with Gasteiger partial charge in [0.15, 0.2) is 0 Å². The van der Waals surface area contributed by atoms with Gasteiger partial charge in [-0.1, -0.05) is 45.2 Å². The van der Waals surface area contributed by atoms with Gasteiger partial charge in [0.25, 0.3) is 0 Å². The van der Waals surface area contributed by atoms with Gasteiger partial charge >= 0.3 is 0 Å². The second kappa shape index (κ2) is 7.22. The summed E-state index contributed by atoms with van der Waals surface area (Å²) in [6.07, 6.45) is 9.59. The number of aromatic nitrogens is 2. The minimum atomic E-state index is 0.403. The van der Waals surface area contributed by atoms with Crippen LogP contribution < -0.4 is 0 Å². The Balaban J connectivity index is 0.000000704. The highest BCUT2D eigenvalue weighted by Gasteiger charge is 2.23. The topological polar surface area (TPSA) is 41.7 Å². The molecule has 20 heavy (non-hydrogen) atoms. The fourth-order valence-electron chi connectivity index (χ4n) is 2.84. The van der Waals surface area contributed by atoms with Crippen LogP contribution in [0.4, 0.5) is 0 Å². The van der Waals surface area contributed by atoms with E-state index in [1.54, 1.807) is 0 Å². The van der Waals surface area contributed by atoms with Gasteiger partial charge < -0.3 is 9.98 Å². The van der Waals surface area contributed by atoms with Crippen molar-refractivity contribution < 1.29 is 0 Å². The number of benzene rings is 1. The zero-order valence-electron chi connectivity index (χ0n) is 12.5. The number of rotatable bonds is 5. The Morgan fingerprint density at radius 2 is 2.10 bits per heavy atom. The number of para-hydroxylation sites is 2. The standard InChI is InChI=1S/C15H19N3.C2H6/c16-9-8-13(10-12-4-3-5-12)18-11-17-14-6-1-2-7-15(14)18;1-2/h1-2,6-7,9,11-13,16H,3-5,8,10H2;1-2H3. The summed E-state index contributed by atoms with van der Waals surface area (Å²) in [5.41, 5.74) is 2.25. The van der Waals surface area contributed by atoms with Crippen molar-refractivity contribution in [3.8, 4) is 0 Å². The monoisotopic (exact) mass is 271 g/mol. The summed E-state index contributed by atoms with van der Waals surface area (Å²) >= 11 is 0.